The van der Waals surface area contributed by atoms with Gasteiger partial charge in [-0.15, -0.1) is 24.8 Å². The summed E-state index contributed by atoms with van der Waals surface area (Å²) in [6.45, 7) is 0.115. The van der Waals surface area contributed by atoms with Crippen LogP contribution in [0.3, 0.4) is 0 Å². The summed E-state index contributed by atoms with van der Waals surface area (Å²) in [5.41, 5.74) is 2.49. The number of anilines is 1. The van der Waals surface area contributed by atoms with Crippen LogP contribution in [0.25, 0.3) is 11.1 Å². The smallest absolute Gasteiger partial charge is 0.240 e. The van der Waals surface area contributed by atoms with Crippen LogP contribution in [0.15, 0.2) is 90.6 Å². The lowest BCUT2D eigenvalue weighted by atomic mass is 10.1. The second-order valence-corrected chi connectivity index (χ2v) is 8.60. The third kappa shape index (κ3) is 8.85. The van der Waals surface area contributed by atoms with Crippen molar-refractivity contribution in [1.82, 2.24) is 24.7 Å². The highest BCUT2D eigenvalue weighted by molar-refractivity contribution is 7.89. The molecule has 0 unspecified atom stereocenters. The molecule has 4 aromatic rings. The topological polar surface area (TPSA) is 110 Å². The van der Waals surface area contributed by atoms with E-state index in [1.54, 1.807) is 60.9 Å². The minimum atomic E-state index is -3.60. The Bertz CT molecular complexity index is 1220. The number of aromatic nitrogens is 4. The van der Waals surface area contributed by atoms with Crippen LogP contribution in [0, 0.1) is 0 Å². The highest BCUT2D eigenvalue weighted by atomic mass is 35.5. The molecule has 2 aromatic heterocycles. The van der Waals surface area contributed by atoms with Crippen LogP contribution in [0.2, 0.25) is 5.02 Å². The van der Waals surface area contributed by atoms with E-state index in [0.717, 1.165) is 16.9 Å². The molecule has 34 heavy (non-hydrogen) atoms. The fraction of sp³-hybridized carbons (Fsp3) is 0.0909. The lowest BCUT2D eigenvalue weighted by molar-refractivity contribution is 0.580. The summed E-state index contributed by atoms with van der Waals surface area (Å²) in [6, 6.07) is 17.5. The first-order valence-corrected chi connectivity index (χ1v) is 11.4. The minimum absolute atomic E-state index is 0. The Morgan fingerprint density at radius 2 is 1.35 bits per heavy atom. The van der Waals surface area contributed by atoms with Crippen molar-refractivity contribution in [3.05, 3.63) is 96.4 Å². The number of benzene rings is 2. The molecule has 2 heterocycles. The zero-order valence-corrected chi connectivity index (χ0v) is 21.2. The van der Waals surface area contributed by atoms with E-state index in [4.69, 9.17) is 11.6 Å². The summed E-state index contributed by atoms with van der Waals surface area (Å²) >= 11 is 5.87. The van der Waals surface area contributed by atoms with E-state index in [1.807, 2.05) is 19.2 Å². The predicted octanol–water partition coefficient (Wildman–Crippen LogP) is 4.64. The zero-order valence-electron chi connectivity index (χ0n) is 18.0. The second-order valence-electron chi connectivity index (χ2n) is 6.40. The van der Waals surface area contributed by atoms with Crippen LogP contribution in [-0.2, 0) is 16.6 Å². The molecule has 2 aromatic carbocycles. The fourth-order valence-electron chi connectivity index (χ4n) is 2.58. The molecule has 4 rings (SSSR count). The van der Waals surface area contributed by atoms with Crippen molar-refractivity contribution in [3.8, 4) is 11.1 Å². The molecule has 0 bridgehead atoms. The SMILES string of the molecule is CNc1ccncn1.Cl.Cl.O=S(=O)(NCc1ccncn1)c1ccc(-c2ccc(Cl)cc2)cc1. The first-order chi connectivity index (χ1) is 15.5. The van der Waals surface area contributed by atoms with Crippen molar-refractivity contribution in [2.75, 3.05) is 12.4 Å². The number of sulfonamides is 1. The maximum Gasteiger partial charge on any atom is 0.240 e. The zero-order chi connectivity index (χ0) is 22.8. The first-order valence-electron chi connectivity index (χ1n) is 9.52. The fourth-order valence-corrected chi connectivity index (χ4v) is 3.71. The van der Waals surface area contributed by atoms with Gasteiger partial charge in [0.1, 0.15) is 18.5 Å². The molecule has 0 radical (unpaired) electrons. The van der Waals surface area contributed by atoms with Crippen LogP contribution in [0.4, 0.5) is 5.82 Å². The van der Waals surface area contributed by atoms with E-state index >= 15 is 0 Å². The summed E-state index contributed by atoms with van der Waals surface area (Å²) in [5.74, 6) is 0.847. The number of nitrogens with zero attached hydrogens (tertiary/aromatic N) is 4. The Morgan fingerprint density at radius 1 is 0.794 bits per heavy atom. The predicted molar refractivity (Wildman–Crippen MR) is 139 cm³/mol. The first kappa shape index (κ1) is 29.2. The number of rotatable bonds is 6. The molecule has 0 aliphatic rings. The second kappa shape index (κ2) is 14.4. The maximum absolute atomic E-state index is 12.3. The van der Waals surface area contributed by atoms with E-state index in [0.29, 0.717) is 10.7 Å². The summed E-state index contributed by atoms with van der Waals surface area (Å²) in [4.78, 5) is 15.6. The molecule has 0 aliphatic heterocycles. The third-order valence-corrected chi connectivity index (χ3v) is 5.94. The van der Waals surface area contributed by atoms with Gasteiger partial charge in [0.15, 0.2) is 0 Å². The molecule has 12 heteroatoms. The van der Waals surface area contributed by atoms with Gasteiger partial charge in [-0.05, 0) is 47.5 Å². The molecule has 2 N–H and O–H groups in total. The summed E-state index contributed by atoms with van der Waals surface area (Å²) in [5, 5.41) is 3.53. The molecule has 180 valence electrons. The largest absolute Gasteiger partial charge is 0.373 e. The Hall–Kier alpha value is -2.82. The molecular formula is C22H23Cl3N6O2S. The Labute approximate surface area is 216 Å². The van der Waals surface area contributed by atoms with Gasteiger partial charge in [-0.1, -0.05) is 35.9 Å². The Kier molecular flexibility index (Phi) is 12.4. The van der Waals surface area contributed by atoms with E-state index < -0.39 is 10.0 Å². The van der Waals surface area contributed by atoms with Crippen LogP contribution in [-0.4, -0.2) is 35.4 Å². The maximum atomic E-state index is 12.3. The van der Waals surface area contributed by atoms with Crippen LogP contribution in [0.5, 0.6) is 0 Å². The van der Waals surface area contributed by atoms with Crippen molar-refractivity contribution in [2.45, 2.75) is 11.4 Å². The quantitative estimate of drug-likeness (QED) is 0.366. The highest BCUT2D eigenvalue weighted by Gasteiger charge is 2.14. The summed E-state index contributed by atoms with van der Waals surface area (Å²) < 4.78 is 27.2. The average Bonchev–Trinajstić information content (AvgIpc) is 2.85. The van der Waals surface area contributed by atoms with Gasteiger partial charge in [0, 0.05) is 24.5 Å². The van der Waals surface area contributed by atoms with E-state index in [9.17, 15) is 8.42 Å². The highest BCUT2D eigenvalue weighted by Crippen LogP contribution is 2.23. The normalized spacial score (nSPS) is 10.1. The number of hydrogen-bond donors (Lipinski definition) is 2. The molecule has 0 saturated carbocycles. The molecule has 8 nitrogen and oxygen atoms in total. The van der Waals surface area contributed by atoms with Gasteiger partial charge in [-0.3, -0.25) is 0 Å². The number of halogens is 3. The lowest BCUT2D eigenvalue weighted by Gasteiger charge is -2.08. The van der Waals surface area contributed by atoms with E-state index in [2.05, 4.69) is 30.0 Å². The minimum Gasteiger partial charge on any atom is -0.373 e. The van der Waals surface area contributed by atoms with Gasteiger partial charge in [0.2, 0.25) is 10.0 Å². The molecule has 0 fully saturated rings. The van der Waals surface area contributed by atoms with Gasteiger partial charge >= 0.3 is 0 Å². The number of hydrogen-bond acceptors (Lipinski definition) is 7. The monoisotopic (exact) mass is 540 g/mol. The summed E-state index contributed by atoms with van der Waals surface area (Å²) in [6.07, 6.45) is 6.15. The van der Waals surface area contributed by atoms with Crippen LogP contribution in [0.1, 0.15) is 5.69 Å². The molecule has 0 spiro atoms. The third-order valence-electron chi connectivity index (χ3n) is 4.27. The molecule has 0 aliphatic carbocycles. The van der Waals surface area contributed by atoms with Crippen molar-refractivity contribution >= 4 is 52.3 Å². The molecule has 0 atom stereocenters. The average molecular weight is 542 g/mol. The van der Waals surface area contributed by atoms with Gasteiger partial charge in [-0.2, -0.15) is 0 Å². The van der Waals surface area contributed by atoms with Gasteiger partial charge in [0.25, 0.3) is 0 Å². The van der Waals surface area contributed by atoms with Gasteiger partial charge < -0.3 is 5.32 Å². The van der Waals surface area contributed by atoms with E-state index in [-0.39, 0.29) is 36.3 Å². The number of nitrogens with one attached hydrogen (secondary N) is 2. The molecule has 0 amide bonds. The van der Waals surface area contributed by atoms with Crippen molar-refractivity contribution < 1.29 is 8.42 Å². The van der Waals surface area contributed by atoms with Gasteiger partial charge in [0.05, 0.1) is 17.1 Å². The molecule has 0 saturated heterocycles. The van der Waals surface area contributed by atoms with Crippen molar-refractivity contribution in [1.29, 1.82) is 0 Å². The Balaban J connectivity index is 0.000000494. The lowest BCUT2D eigenvalue weighted by Crippen LogP contribution is -2.23. The summed E-state index contributed by atoms with van der Waals surface area (Å²) in [7, 11) is -1.77. The van der Waals surface area contributed by atoms with E-state index in [1.165, 1.54) is 12.7 Å². The van der Waals surface area contributed by atoms with Crippen LogP contribution < -0.4 is 10.0 Å². The van der Waals surface area contributed by atoms with Crippen molar-refractivity contribution in [3.63, 3.8) is 0 Å². The van der Waals surface area contributed by atoms with Crippen molar-refractivity contribution in [2.24, 2.45) is 0 Å². The van der Waals surface area contributed by atoms with Crippen LogP contribution >= 0.6 is 36.4 Å². The molecular weight excluding hydrogens is 519 g/mol. The standard InChI is InChI=1S/C17H14ClN3O2S.C5H7N3.2ClH/c18-15-5-1-13(2-6-15)14-3-7-17(8-4-14)24(22,23)21-11-16-9-10-19-12-20-16;1-6-5-2-3-7-4-8-5;;/h1-10,12,21H,11H2;2-4H,1H3,(H,6,7,8);2*1H. The Morgan fingerprint density at radius 3 is 1.82 bits per heavy atom. The van der Waals surface area contributed by atoms with Gasteiger partial charge in [-0.25, -0.2) is 33.1 Å².